The Morgan fingerprint density at radius 1 is 1.12 bits per heavy atom. The van der Waals surface area contributed by atoms with Gasteiger partial charge in [-0.25, -0.2) is 0 Å². The predicted molar refractivity (Wildman–Crippen MR) is 92.6 cm³/mol. The monoisotopic (exact) mass is 341 g/mol. The van der Waals surface area contributed by atoms with Gasteiger partial charge < -0.3 is 19.5 Å². The van der Waals surface area contributed by atoms with Gasteiger partial charge in [0, 0.05) is 25.7 Å². The van der Waals surface area contributed by atoms with Crippen LogP contribution in [0.2, 0.25) is 0 Å². The summed E-state index contributed by atoms with van der Waals surface area (Å²) in [6.45, 7) is 0.861. The molecule has 130 valence electrons. The van der Waals surface area contributed by atoms with Gasteiger partial charge in [-0.05, 0) is 24.3 Å². The number of likely N-dealkylation sites (N-methyl/N-ethyl adjacent to an activating group) is 1. The topological polar surface area (TPSA) is 82.7 Å². The highest BCUT2D eigenvalue weighted by molar-refractivity contribution is 5.97. The fourth-order valence-electron chi connectivity index (χ4n) is 2.77. The van der Waals surface area contributed by atoms with E-state index in [9.17, 15) is 14.4 Å². The number of H-pyrrole nitrogens is 1. The van der Waals surface area contributed by atoms with Crippen molar-refractivity contribution in [2.75, 3.05) is 33.8 Å². The molecule has 0 aliphatic carbocycles. The first kappa shape index (κ1) is 16.8. The van der Waals surface area contributed by atoms with Gasteiger partial charge in [0.15, 0.2) is 0 Å². The summed E-state index contributed by atoms with van der Waals surface area (Å²) in [5, 5.41) is 0. The van der Waals surface area contributed by atoms with Crippen LogP contribution in [0.4, 0.5) is 0 Å². The Morgan fingerprint density at radius 3 is 2.56 bits per heavy atom. The quantitative estimate of drug-likeness (QED) is 0.902. The summed E-state index contributed by atoms with van der Waals surface area (Å²) in [5.74, 6) is 0.0536. The molecule has 1 aliphatic heterocycles. The number of piperazine rings is 1. The van der Waals surface area contributed by atoms with Crippen LogP contribution in [0.25, 0.3) is 11.3 Å². The summed E-state index contributed by atoms with van der Waals surface area (Å²) >= 11 is 0. The smallest absolute Gasteiger partial charge is 0.261 e. The van der Waals surface area contributed by atoms with Crippen molar-refractivity contribution in [2.24, 2.45) is 0 Å². The average molecular weight is 341 g/mol. The SMILES string of the molecule is COc1ccccc1-c1ccc(C(=O)N2CCN(C)C(=O)C2)c(=O)[nH]1. The lowest BCUT2D eigenvalue weighted by molar-refractivity contribution is -0.133. The van der Waals surface area contributed by atoms with Crippen LogP contribution in [0, 0.1) is 0 Å². The molecule has 1 N–H and O–H groups in total. The minimum Gasteiger partial charge on any atom is -0.496 e. The number of aromatic amines is 1. The van der Waals surface area contributed by atoms with Crippen LogP contribution in [0.15, 0.2) is 41.2 Å². The second-order valence-electron chi connectivity index (χ2n) is 5.86. The molecule has 3 rings (SSSR count). The summed E-state index contributed by atoms with van der Waals surface area (Å²) in [6.07, 6.45) is 0. The number of methoxy groups -OCH3 is 1. The molecule has 0 bridgehead atoms. The summed E-state index contributed by atoms with van der Waals surface area (Å²) in [6, 6.07) is 10.5. The van der Waals surface area contributed by atoms with Gasteiger partial charge in [0.25, 0.3) is 11.5 Å². The number of pyridine rings is 1. The minimum absolute atomic E-state index is 0.0109. The zero-order chi connectivity index (χ0) is 18.0. The maximum atomic E-state index is 12.6. The number of rotatable bonds is 3. The number of nitrogens with zero attached hydrogens (tertiary/aromatic N) is 2. The first-order valence-electron chi connectivity index (χ1n) is 7.91. The van der Waals surface area contributed by atoms with Crippen LogP contribution in [0.1, 0.15) is 10.4 Å². The Balaban J connectivity index is 1.89. The van der Waals surface area contributed by atoms with Crippen molar-refractivity contribution in [1.82, 2.24) is 14.8 Å². The lowest BCUT2D eigenvalue weighted by Crippen LogP contribution is -2.51. The second-order valence-corrected chi connectivity index (χ2v) is 5.86. The number of hydrogen-bond donors (Lipinski definition) is 1. The fraction of sp³-hybridized carbons (Fsp3) is 0.278. The van der Waals surface area contributed by atoms with E-state index in [-0.39, 0.29) is 18.0 Å². The summed E-state index contributed by atoms with van der Waals surface area (Å²) < 4.78 is 5.29. The molecule has 2 aromatic rings. The maximum Gasteiger partial charge on any atom is 0.261 e. The van der Waals surface area contributed by atoms with Crippen LogP contribution >= 0.6 is 0 Å². The van der Waals surface area contributed by atoms with E-state index in [1.165, 1.54) is 11.0 Å². The van der Waals surface area contributed by atoms with Gasteiger partial charge in [0.05, 0.1) is 12.8 Å². The molecule has 0 spiro atoms. The van der Waals surface area contributed by atoms with Crippen LogP contribution < -0.4 is 10.3 Å². The van der Waals surface area contributed by atoms with E-state index in [0.29, 0.717) is 24.5 Å². The number of para-hydroxylation sites is 1. The predicted octanol–water partition coefficient (Wildman–Crippen LogP) is 0.965. The normalized spacial score (nSPS) is 14.6. The van der Waals surface area contributed by atoms with Gasteiger partial charge in [-0.1, -0.05) is 12.1 Å². The molecule has 0 saturated carbocycles. The molecule has 1 saturated heterocycles. The molecule has 0 radical (unpaired) electrons. The van der Waals surface area contributed by atoms with E-state index in [0.717, 1.165) is 5.56 Å². The third-order valence-electron chi connectivity index (χ3n) is 4.28. The summed E-state index contributed by atoms with van der Waals surface area (Å²) in [4.78, 5) is 42.4. The highest BCUT2D eigenvalue weighted by Crippen LogP contribution is 2.27. The van der Waals surface area contributed by atoms with E-state index < -0.39 is 11.5 Å². The van der Waals surface area contributed by atoms with E-state index in [1.54, 1.807) is 31.2 Å². The number of carbonyl (C=O) groups excluding carboxylic acids is 2. The molecule has 2 heterocycles. The number of amides is 2. The van der Waals surface area contributed by atoms with Gasteiger partial charge in [-0.2, -0.15) is 0 Å². The van der Waals surface area contributed by atoms with E-state index in [1.807, 2.05) is 18.2 Å². The largest absolute Gasteiger partial charge is 0.496 e. The molecule has 1 aromatic carbocycles. The van der Waals surface area contributed by atoms with Crippen molar-refractivity contribution in [1.29, 1.82) is 0 Å². The number of hydrogen-bond acceptors (Lipinski definition) is 4. The second kappa shape index (κ2) is 6.80. The highest BCUT2D eigenvalue weighted by Gasteiger charge is 2.27. The molecule has 1 fully saturated rings. The van der Waals surface area contributed by atoms with Gasteiger partial charge in [-0.3, -0.25) is 14.4 Å². The molecule has 1 aliphatic rings. The first-order valence-corrected chi connectivity index (χ1v) is 7.91. The van der Waals surface area contributed by atoms with Crippen molar-refractivity contribution in [3.8, 4) is 17.0 Å². The van der Waals surface area contributed by atoms with Crippen LogP contribution in [-0.4, -0.2) is 60.4 Å². The zero-order valence-electron chi connectivity index (χ0n) is 14.1. The van der Waals surface area contributed by atoms with Crippen molar-refractivity contribution >= 4 is 11.8 Å². The minimum atomic E-state index is -0.486. The molecule has 25 heavy (non-hydrogen) atoms. The standard InChI is InChI=1S/C18H19N3O4/c1-20-9-10-21(11-16(20)22)18(24)13-7-8-14(19-17(13)23)12-5-3-4-6-15(12)25-2/h3-8H,9-11H2,1-2H3,(H,19,23). The van der Waals surface area contributed by atoms with E-state index >= 15 is 0 Å². The van der Waals surface area contributed by atoms with Crippen molar-refractivity contribution in [3.63, 3.8) is 0 Å². The maximum absolute atomic E-state index is 12.6. The molecule has 0 unspecified atom stereocenters. The molecule has 2 amide bonds. The Labute approximate surface area is 144 Å². The van der Waals surface area contributed by atoms with E-state index in [2.05, 4.69) is 4.98 Å². The number of ether oxygens (including phenoxy) is 1. The van der Waals surface area contributed by atoms with Gasteiger partial charge in [-0.15, -0.1) is 0 Å². The Bertz CT molecular complexity index is 875. The van der Waals surface area contributed by atoms with Crippen molar-refractivity contribution in [2.45, 2.75) is 0 Å². The van der Waals surface area contributed by atoms with Crippen LogP contribution in [-0.2, 0) is 4.79 Å². The number of nitrogens with one attached hydrogen (secondary N) is 1. The summed E-state index contributed by atoms with van der Waals surface area (Å²) in [5.41, 5.74) is 0.833. The van der Waals surface area contributed by atoms with Gasteiger partial charge >= 0.3 is 0 Å². The van der Waals surface area contributed by atoms with Crippen molar-refractivity contribution in [3.05, 3.63) is 52.3 Å². The Morgan fingerprint density at radius 2 is 1.88 bits per heavy atom. The molecular weight excluding hydrogens is 322 g/mol. The molecule has 0 atom stereocenters. The molecular formula is C18H19N3O4. The third kappa shape index (κ3) is 3.26. The highest BCUT2D eigenvalue weighted by atomic mass is 16.5. The average Bonchev–Trinajstić information content (AvgIpc) is 2.63. The lowest BCUT2D eigenvalue weighted by Gasteiger charge is -2.31. The molecule has 7 heteroatoms. The number of carbonyl (C=O) groups is 2. The molecule has 7 nitrogen and oxygen atoms in total. The van der Waals surface area contributed by atoms with Gasteiger partial charge in [0.1, 0.15) is 17.9 Å². The third-order valence-corrected chi connectivity index (χ3v) is 4.28. The Kier molecular flexibility index (Phi) is 4.56. The summed E-state index contributed by atoms with van der Waals surface area (Å²) in [7, 11) is 3.25. The Hall–Kier alpha value is -3.09. The molecule has 1 aromatic heterocycles. The van der Waals surface area contributed by atoms with E-state index in [4.69, 9.17) is 4.74 Å². The van der Waals surface area contributed by atoms with Crippen LogP contribution in [0.3, 0.4) is 0 Å². The number of benzene rings is 1. The fourth-order valence-corrected chi connectivity index (χ4v) is 2.77. The zero-order valence-corrected chi connectivity index (χ0v) is 14.1. The first-order chi connectivity index (χ1) is 12.0. The van der Waals surface area contributed by atoms with Crippen molar-refractivity contribution < 1.29 is 14.3 Å². The number of aromatic nitrogens is 1. The lowest BCUT2D eigenvalue weighted by atomic mass is 10.1. The van der Waals surface area contributed by atoms with Gasteiger partial charge in [0.2, 0.25) is 5.91 Å². The van der Waals surface area contributed by atoms with Crippen LogP contribution in [0.5, 0.6) is 5.75 Å².